The van der Waals surface area contributed by atoms with Gasteiger partial charge in [-0.05, 0) is 24.6 Å². The van der Waals surface area contributed by atoms with Crippen molar-refractivity contribution in [2.24, 2.45) is 0 Å². The fourth-order valence-corrected chi connectivity index (χ4v) is 1.45. The molecule has 1 unspecified atom stereocenters. The van der Waals surface area contributed by atoms with Gasteiger partial charge in [-0.15, -0.1) is 0 Å². The molecule has 0 bridgehead atoms. The van der Waals surface area contributed by atoms with Crippen molar-refractivity contribution in [3.8, 4) is 0 Å². The molecule has 1 aromatic rings. The molecule has 0 aliphatic rings. The molecule has 0 amide bonds. The van der Waals surface area contributed by atoms with Crippen molar-refractivity contribution in [2.45, 2.75) is 27.7 Å². The first-order chi connectivity index (χ1) is 6.72. The van der Waals surface area contributed by atoms with Crippen LogP contribution < -0.4 is 4.72 Å². The largest absolute Gasteiger partial charge is 0.305 e. The van der Waals surface area contributed by atoms with Gasteiger partial charge in [0.05, 0.1) is 0 Å². The maximum atomic E-state index is 11.1. The van der Waals surface area contributed by atoms with E-state index in [0.717, 1.165) is 5.69 Å². The van der Waals surface area contributed by atoms with Gasteiger partial charge < -0.3 is 4.72 Å². The minimum Gasteiger partial charge on any atom is -0.305 e. The van der Waals surface area contributed by atoms with E-state index in [1.54, 1.807) is 0 Å². The zero-order valence-electron chi connectivity index (χ0n) is 9.33. The molecular formula is C11H19NOS. The maximum Gasteiger partial charge on any atom is 0.116 e. The van der Waals surface area contributed by atoms with Gasteiger partial charge in [-0.3, -0.25) is 0 Å². The van der Waals surface area contributed by atoms with Gasteiger partial charge in [0.25, 0.3) is 0 Å². The lowest BCUT2D eigenvalue weighted by atomic mass is 10.2. The van der Waals surface area contributed by atoms with E-state index in [2.05, 4.69) is 4.72 Å². The van der Waals surface area contributed by atoms with Crippen molar-refractivity contribution in [3.05, 3.63) is 29.8 Å². The van der Waals surface area contributed by atoms with Crippen LogP contribution in [0.4, 0.5) is 5.69 Å². The van der Waals surface area contributed by atoms with Gasteiger partial charge in [-0.2, -0.15) is 0 Å². The summed E-state index contributed by atoms with van der Waals surface area (Å²) in [6.07, 6.45) is 0. The Hall–Kier alpha value is -0.830. The van der Waals surface area contributed by atoms with Crippen LogP contribution in [0.25, 0.3) is 0 Å². The number of benzene rings is 1. The Kier molecular flexibility index (Phi) is 7.11. The van der Waals surface area contributed by atoms with Gasteiger partial charge >= 0.3 is 0 Å². The topological polar surface area (TPSA) is 29.1 Å². The zero-order chi connectivity index (χ0) is 11.0. The highest BCUT2D eigenvalue weighted by Gasteiger charge is 1.95. The highest BCUT2D eigenvalue weighted by Crippen LogP contribution is 2.09. The molecule has 14 heavy (non-hydrogen) atoms. The van der Waals surface area contributed by atoms with E-state index in [-0.39, 0.29) is 0 Å². The summed E-state index contributed by atoms with van der Waals surface area (Å²) in [5.74, 6) is 0.633. The molecule has 1 rings (SSSR count). The van der Waals surface area contributed by atoms with Crippen LogP contribution in [0.5, 0.6) is 0 Å². The Morgan fingerprint density at radius 3 is 2.50 bits per heavy atom. The summed E-state index contributed by atoms with van der Waals surface area (Å²) in [6.45, 7) is 7.90. The van der Waals surface area contributed by atoms with Crippen molar-refractivity contribution < 1.29 is 4.21 Å². The van der Waals surface area contributed by atoms with Crippen molar-refractivity contribution in [2.75, 3.05) is 10.5 Å². The van der Waals surface area contributed by atoms with Crippen LogP contribution in [0.3, 0.4) is 0 Å². The predicted octanol–water partition coefficient (Wildman–Crippen LogP) is 3.12. The number of aryl methyl sites for hydroxylation is 1. The van der Waals surface area contributed by atoms with E-state index in [1.165, 1.54) is 5.56 Å². The SMILES string of the molecule is CC.CCS(=O)Nc1cccc(C)c1. The summed E-state index contributed by atoms with van der Waals surface area (Å²) < 4.78 is 14.0. The molecule has 0 saturated carbocycles. The summed E-state index contributed by atoms with van der Waals surface area (Å²) in [5.41, 5.74) is 2.10. The Morgan fingerprint density at radius 1 is 1.36 bits per heavy atom. The van der Waals surface area contributed by atoms with Crippen molar-refractivity contribution in [1.29, 1.82) is 0 Å². The van der Waals surface area contributed by atoms with Crippen LogP contribution in [0.2, 0.25) is 0 Å². The minimum atomic E-state index is -0.936. The van der Waals surface area contributed by atoms with E-state index in [4.69, 9.17) is 0 Å². The van der Waals surface area contributed by atoms with Crippen LogP contribution in [-0.2, 0) is 11.0 Å². The quantitative estimate of drug-likeness (QED) is 0.821. The zero-order valence-corrected chi connectivity index (χ0v) is 10.1. The Balaban J connectivity index is 0.000000791. The fourth-order valence-electron chi connectivity index (χ4n) is 0.912. The molecular weight excluding hydrogens is 194 g/mol. The average Bonchev–Trinajstić information content (AvgIpc) is 2.21. The second-order valence-electron chi connectivity index (χ2n) is 2.61. The van der Waals surface area contributed by atoms with Crippen LogP contribution >= 0.6 is 0 Å². The molecule has 80 valence electrons. The first kappa shape index (κ1) is 13.2. The summed E-state index contributed by atoms with van der Waals surface area (Å²) in [4.78, 5) is 0. The van der Waals surface area contributed by atoms with Crippen molar-refractivity contribution >= 4 is 16.7 Å². The van der Waals surface area contributed by atoms with Crippen LogP contribution in [-0.4, -0.2) is 9.96 Å². The molecule has 1 atom stereocenters. The highest BCUT2D eigenvalue weighted by atomic mass is 32.2. The molecule has 0 spiro atoms. The molecule has 0 aliphatic carbocycles. The lowest BCUT2D eigenvalue weighted by Gasteiger charge is -2.03. The highest BCUT2D eigenvalue weighted by molar-refractivity contribution is 7.86. The smallest absolute Gasteiger partial charge is 0.116 e. The standard InChI is InChI=1S/C9H13NOS.C2H6/c1-3-12(11)10-9-6-4-5-8(2)7-9;1-2/h4-7,10H,3H2,1-2H3;1-2H3. The van der Waals surface area contributed by atoms with E-state index in [1.807, 2.05) is 52.0 Å². The molecule has 2 nitrogen and oxygen atoms in total. The fraction of sp³-hybridized carbons (Fsp3) is 0.455. The molecule has 0 aromatic heterocycles. The Morgan fingerprint density at radius 2 is 2.00 bits per heavy atom. The van der Waals surface area contributed by atoms with Crippen molar-refractivity contribution in [3.63, 3.8) is 0 Å². The third-order valence-electron chi connectivity index (χ3n) is 1.51. The summed E-state index contributed by atoms with van der Waals surface area (Å²) in [7, 11) is -0.936. The molecule has 1 aromatic carbocycles. The van der Waals surface area contributed by atoms with Gasteiger partial charge in [-0.1, -0.05) is 32.9 Å². The molecule has 0 fully saturated rings. The van der Waals surface area contributed by atoms with E-state index >= 15 is 0 Å². The second kappa shape index (κ2) is 7.56. The maximum absolute atomic E-state index is 11.1. The van der Waals surface area contributed by atoms with Gasteiger partial charge in [0.1, 0.15) is 11.0 Å². The first-order valence-corrected chi connectivity index (χ1v) is 6.26. The summed E-state index contributed by atoms with van der Waals surface area (Å²) in [6, 6.07) is 7.86. The Labute approximate surface area is 89.3 Å². The molecule has 3 heteroatoms. The molecule has 0 aliphatic heterocycles. The number of anilines is 1. The normalized spacial score (nSPS) is 11.1. The molecule has 0 radical (unpaired) electrons. The van der Waals surface area contributed by atoms with Crippen molar-refractivity contribution in [1.82, 2.24) is 0 Å². The number of hydrogen-bond donors (Lipinski definition) is 1. The second-order valence-corrected chi connectivity index (χ2v) is 4.08. The molecule has 0 saturated heterocycles. The van der Waals surface area contributed by atoms with Gasteiger partial charge in [0.15, 0.2) is 0 Å². The molecule has 0 heterocycles. The van der Waals surface area contributed by atoms with E-state index in [9.17, 15) is 4.21 Å². The van der Waals surface area contributed by atoms with Crippen LogP contribution in [0.15, 0.2) is 24.3 Å². The van der Waals surface area contributed by atoms with Gasteiger partial charge in [0, 0.05) is 11.4 Å². The summed E-state index contributed by atoms with van der Waals surface area (Å²) in [5, 5.41) is 0. The predicted molar refractivity (Wildman–Crippen MR) is 64.8 cm³/mol. The van der Waals surface area contributed by atoms with E-state index in [0.29, 0.717) is 5.75 Å². The van der Waals surface area contributed by atoms with Gasteiger partial charge in [-0.25, -0.2) is 4.21 Å². The summed E-state index contributed by atoms with van der Waals surface area (Å²) >= 11 is 0. The van der Waals surface area contributed by atoms with Crippen LogP contribution in [0, 0.1) is 6.92 Å². The number of rotatable bonds is 3. The Bertz CT molecular complexity index is 286. The number of nitrogens with one attached hydrogen (secondary N) is 1. The average molecular weight is 213 g/mol. The molecule has 1 N–H and O–H groups in total. The monoisotopic (exact) mass is 213 g/mol. The lowest BCUT2D eigenvalue weighted by Crippen LogP contribution is -2.05. The minimum absolute atomic E-state index is 0.633. The third kappa shape index (κ3) is 5.02. The number of hydrogen-bond acceptors (Lipinski definition) is 1. The van der Waals surface area contributed by atoms with Gasteiger partial charge in [0.2, 0.25) is 0 Å². The third-order valence-corrected chi connectivity index (χ3v) is 2.50. The first-order valence-electron chi connectivity index (χ1n) is 4.94. The van der Waals surface area contributed by atoms with Crippen LogP contribution in [0.1, 0.15) is 26.3 Å². The lowest BCUT2D eigenvalue weighted by molar-refractivity contribution is 0.687. The van der Waals surface area contributed by atoms with E-state index < -0.39 is 11.0 Å².